The molecule has 19 heavy (non-hydrogen) atoms. The van der Waals surface area contributed by atoms with Gasteiger partial charge in [0.15, 0.2) is 0 Å². The van der Waals surface area contributed by atoms with E-state index in [4.69, 9.17) is 5.73 Å². The molecule has 0 heterocycles. The normalized spacial score (nSPS) is 11.8. The third-order valence-electron chi connectivity index (χ3n) is 3.00. The second-order valence-electron chi connectivity index (χ2n) is 4.54. The van der Waals surface area contributed by atoms with E-state index in [1.807, 2.05) is 31.2 Å². The predicted octanol–water partition coefficient (Wildman–Crippen LogP) is 1.34. The fourth-order valence-electron chi connectivity index (χ4n) is 1.56. The highest BCUT2D eigenvalue weighted by Crippen LogP contribution is 2.17. The number of hydrogen-bond donors (Lipinski definition) is 2. The first-order chi connectivity index (χ1) is 8.95. The Morgan fingerprint density at radius 2 is 2.00 bits per heavy atom. The van der Waals surface area contributed by atoms with E-state index in [1.165, 1.54) is 6.92 Å². The Morgan fingerprint density at radius 1 is 1.37 bits per heavy atom. The predicted molar refractivity (Wildman–Crippen MR) is 75.5 cm³/mol. The van der Waals surface area contributed by atoms with Crippen LogP contribution in [0.4, 0.5) is 5.69 Å². The van der Waals surface area contributed by atoms with Gasteiger partial charge in [-0.05, 0) is 18.1 Å². The fraction of sp³-hybridized carbons (Fsp3) is 0.429. The zero-order valence-corrected chi connectivity index (χ0v) is 11.6. The van der Waals surface area contributed by atoms with E-state index in [9.17, 15) is 9.59 Å². The molecule has 0 aliphatic carbocycles. The molecule has 1 aromatic carbocycles. The summed E-state index contributed by atoms with van der Waals surface area (Å²) in [6, 6.07) is 6.89. The number of nitrogens with two attached hydrogens (primary N) is 1. The third kappa shape index (κ3) is 4.37. The molecular formula is C14H21N3O2. The monoisotopic (exact) mass is 263 g/mol. The van der Waals surface area contributed by atoms with Crippen LogP contribution in [0.3, 0.4) is 0 Å². The maximum absolute atomic E-state index is 11.8. The maximum atomic E-state index is 11.8. The van der Waals surface area contributed by atoms with Gasteiger partial charge in [-0.3, -0.25) is 9.59 Å². The van der Waals surface area contributed by atoms with Gasteiger partial charge in [0.1, 0.15) is 0 Å². The van der Waals surface area contributed by atoms with E-state index in [0.717, 1.165) is 5.56 Å². The second kappa shape index (κ2) is 6.89. The zero-order chi connectivity index (χ0) is 14.4. The van der Waals surface area contributed by atoms with Crippen molar-refractivity contribution in [2.75, 3.05) is 12.4 Å². The first-order valence-corrected chi connectivity index (χ1v) is 6.31. The SMILES string of the molecule is CC[C@H](N)C(=O)Nc1ccccc1CN(C)C(C)=O. The molecule has 104 valence electrons. The van der Waals surface area contributed by atoms with Crippen LogP contribution < -0.4 is 11.1 Å². The number of hydrogen-bond acceptors (Lipinski definition) is 3. The molecule has 2 amide bonds. The number of anilines is 1. The maximum Gasteiger partial charge on any atom is 0.241 e. The Morgan fingerprint density at radius 3 is 2.58 bits per heavy atom. The number of para-hydroxylation sites is 1. The lowest BCUT2D eigenvalue weighted by Crippen LogP contribution is -2.35. The van der Waals surface area contributed by atoms with E-state index < -0.39 is 6.04 Å². The van der Waals surface area contributed by atoms with Crippen LogP contribution in [0.2, 0.25) is 0 Å². The van der Waals surface area contributed by atoms with Crippen LogP contribution in [-0.4, -0.2) is 29.8 Å². The molecule has 1 atom stereocenters. The molecule has 0 unspecified atom stereocenters. The van der Waals surface area contributed by atoms with Gasteiger partial charge in [-0.1, -0.05) is 25.1 Å². The highest BCUT2D eigenvalue weighted by molar-refractivity contribution is 5.95. The van der Waals surface area contributed by atoms with Gasteiger partial charge in [0.25, 0.3) is 0 Å². The topological polar surface area (TPSA) is 75.4 Å². The van der Waals surface area contributed by atoms with Crippen LogP contribution in [-0.2, 0) is 16.1 Å². The van der Waals surface area contributed by atoms with Gasteiger partial charge in [-0.15, -0.1) is 0 Å². The van der Waals surface area contributed by atoms with Crippen molar-refractivity contribution in [3.63, 3.8) is 0 Å². The van der Waals surface area contributed by atoms with E-state index in [0.29, 0.717) is 18.7 Å². The van der Waals surface area contributed by atoms with Crippen molar-refractivity contribution in [1.82, 2.24) is 4.90 Å². The van der Waals surface area contributed by atoms with Crippen LogP contribution >= 0.6 is 0 Å². The van der Waals surface area contributed by atoms with Gasteiger partial charge in [0.2, 0.25) is 11.8 Å². The molecular weight excluding hydrogens is 242 g/mol. The molecule has 0 aliphatic heterocycles. The minimum atomic E-state index is -0.515. The lowest BCUT2D eigenvalue weighted by atomic mass is 10.1. The third-order valence-corrected chi connectivity index (χ3v) is 3.00. The summed E-state index contributed by atoms with van der Waals surface area (Å²) in [4.78, 5) is 24.6. The number of amides is 2. The molecule has 5 heteroatoms. The molecule has 0 saturated carbocycles. The lowest BCUT2D eigenvalue weighted by Gasteiger charge is -2.18. The summed E-state index contributed by atoms with van der Waals surface area (Å²) >= 11 is 0. The summed E-state index contributed by atoms with van der Waals surface area (Å²) < 4.78 is 0. The van der Waals surface area contributed by atoms with Crippen LogP contribution in [0.5, 0.6) is 0 Å². The summed E-state index contributed by atoms with van der Waals surface area (Å²) in [5, 5.41) is 2.80. The molecule has 0 bridgehead atoms. The molecule has 3 N–H and O–H groups in total. The lowest BCUT2D eigenvalue weighted by molar-refractivity contribution is -0.128. The number of benzene rings is 1. The summed E-state index contributed by atoms with van der Waals surface area (Å²) in [6.07, 6.45) is 0.585. The average molecular weight is 263 g/mol. The first-order valence-electron chi connectivity index (χ1n) is 6.31. The fourth-order valence-corrected chi connectivity index (χ4v) is 1.56. The van der Waals surface area contributed by atoms with E-state index in [-0.39, 0.29) is 11.8 Å². The smallest absolute Gasteiger partial charge is 0.241 e. The largest absolute Gasteiger partial charge is 0.342 e. The average Bonchev–Trinajstić information content (AvgIpc) is 2.39. The van der Waals surface area contributed by atoms with Crippen molar-refractivity contribution < 1.29 is 9.59 Å². The molecule has 0 fully saturated rings. The van der Waals surface area contributed by atoms with Gasteiger partial charge in [-0.25, -0.2) is 0 Å². The molecule has 0 spiro atoms. The zero-order valence-electron chi connectivity index (χ0n) is 11.6. The molecule has 0 radical (unpaired) electrons. The minimum absolute atomic E-state index is 0.0219. The van der Waals surface area contributed by atoms with Crippen LogP contribution in [0, 0.1) is 0 Å². The standard InChI is InChI=1S/C14H21N3O2/c1-4-12(15)14(19)16-13-8-6-5-7-11(13)9-17(3)10(2)18/h5-8,12H,4,9,15H2,1-3H3,(H,16,19)/t12-/m0/s1. The molecule has 0 saturated heterocycles. The van der Waals surface area contributed by atoms with Crippen molar-refractivity contribution in [2.45, 2.75) is 32.9 Å². The summed E-state index contributed by atoms with van der Waals surface area (Å²) in [7, 11) is 1.72. The van der Waals surface area contributed by atoms with Crippen LogP contribution in [0.15, 0.2) is 24.3 Å². The van der Waals surface area contributed by atoms with E-state index in [1.54, 1.807) is 11.9 Å². The van der Waals surface area contributed by atoms with Crippen molar-refractivity contribution >= 4 is 17.5 Å². The molecule has 0 aromatic heterocycles. The summed E-state index contributed by atoms with van der Waals surface area (Å²) in [6.45, 7) is 3.82. The summed E-state index contributed by atoms with van der Waals surface area (Å²) in [5.41, 5.74) is 7.27. The van der Waals surface area contributed by atoms with Crippen molar-refractivity contribution in [2.24, 2.45) is 5.73 Å². The highest BCUT2D eigenvalue weighted by atomic mass is 16.2. The molecule has 5 nitrogen and oxygen atoms in total. The van der Waals surface area contributed by atoms with E-state index >= 15 is 0 Å². The van der Waals surface area contributed by atoms with Crippen molar-refractivity contribution in [3.05, 3.63) is 29.8 Å². The van der Waals surface area contributed by atoms with Gasteiger partial charge in [-0.2, -0.15) is 0 Å². The Bertz CT molecular complexity index is 460. The molecule has 0 aliphatic rings. The molecule has 1 aromatic rings. The molecule has 1 rings (SSSR count). The second-order valence-corrected chi connectivity index (χ2v) is 4.54. The summed E-state index contributed by atoms with van der Waals surface area (Å²) in [5.74, 6) is -0.230. The Balaban J connectivity index is 2.84. The Kier molecular flexibility index (Phi) is 5.51. The number of carbonyl (C=O) groups excluding carboxylic acids is 2. The Hall–Kier alpha value is -1.88. The van der Waals surface area contributed by atoms with Crippen molar-refractivity contribution in [1.29, 1.82) is 0 Å². The van der Waals surface area contributed by atoms with Gasteiger partial charge >= 0.3 is 0 Å². The Labute approximate surface area is 113 Å². The van der Waals surface area contributed by atoms with Gasteiger partial charge < -0.3 is 16.0 Å². The highest BCUT2D eigenvalue weighted by Gasteiger charge is 2.14. The number of nitrogens with one attached hydrogen (secondary N) is 1. The number of nitrogens with zero attached hydrogens (tertiary/aromatic N) is 1. The van der Waals surface area contributed by atoms with Gasteiger partial charge in [0.05, 0.1) is 6.04 Å². The van der Waals surface area contributed by atoms with Crippen LogP contribution in [0.1, 0.15) is 25.8 Å². The van der Waals surface area contributed by atoms with Crippen LogP contribution in [0.25, 0.3) is 0 Å². The van der Waals surface area contributed by atoms with Crippen molar-refractivity contribution in [3.8, 4) is 0 Å². The first kappa shape index (κ1) is 15.2. The number of carbonyl (C=O) groups is 2. The van der Waals surface area contributed by atoms with Gasteiger partial charge in [0, 0.05) is 26.2 Å². The quantitative estimate of drug-likeness (QED) is 0.841. The van der Waals surface area contributed by atoms with E-state index in [2.05, 4.69) is 5.32 Å². The number of rotatable bonds is 5. The minimum Gasteiger partial charge on any atom is -0.342 e.